The Labute approximate surface area is 134 Å². The Morgan fingerprint density at radius 2 is 2.13 bits per heavy atom. The molecule has 0 bridgehead atoms. The molecule has 1 aromatic rings. The molecule has 1 aliphatic heterocycles. The van der Waals surface area contributed by atoms with Crippen LogP contribution in [-0.4, -0.2) is 38.9 Å². The zero-order chi connectivity index (χ0) is 17.1. The van der Waals surface area contributed by atoms with Gasteiger partial charge in [0.25, 0.3) is 5.91 Å². The Bertz CT molecular complexity index is 632. The number of nitrogens with zero attached hydrogens (tertiary/aromatic N) is 2. The average molecular weight is 319 g/mol. The Morgan fingerprint density at radius 3 is 2.70 bits per heavy atom. The van der Waals surface area contributed by atoms with Crippen molar-refractivity contribution in [3.63, 3.8) is 0 Å². The first-order chi connectivity index (χ1) is 10.8. The highest BCUT2D eigenvalue weighted by atomic mass is 16.4. The molecule has 0 radical (unpaired) electrons. The number of aliphatic carboxylic acids is 1. The standard InChI is InChI=1S/C16H21N3O4/c1-4-9(2)12(15(21)22)13-14(20)19(16(23)18-13)8-11-7-5-6-10(3)17-11/h5-7,9,12-13H,4,8H2,1-3H3,(H,18,23)(H,21,22)/t9-,12-,13?/m0/s1. The number of rotatable bonds is 6. The minimum atomic E-state index is -1.08. The van der Waals surface area contributed by atoms with Crippen LogP contribution in [0.3, 0.4) is 0 Å². The maximum atomic E-state index is 12.5. The van der Waals surface area contributed by atoms with E-state index in [1.165, 1.54) is 0 Å². The van der Waals surface area contributed by atoms with Crippen molar-refractivity contribution in [1.82, 2.24) is 15.2 Å². The molecule has 0 aromatic carbocycles. The number of carboxylic acid groups (broad SMARTS) is 1. The number of urea groups is 1. The molecule has 0 saturated carbocycles. The summed E-state index contributed by atoms with van der Waals surface area (Å²) in [6, 6.07) is 3.75. The molecule has 1 aromatic heterocycles. The van der Waals surface area contributed by atoms with Crippen molar-refractivity contribution in [2.24, 2.45) is 11.8 Å². The van der Waals surface area contributed by atoms with Gasteiger partial charge in [-0.25, -0.2) is 4.79 Å². The van der Waals surface area contributed by atoms with Gasteiger partial charge in [0.05, 0.1) is 18.2 Å². The summed E-state index contributed by atoms with van der Waals surface area (Å²) >= 11 is 0. The number of aryl methyl sites for hydroxylation is 1. The molecule has 124 valence electrons. The number of carboxylic acids is 1. The van der Waals surface area contributed by atoms with Gasteiger partial charge in [-0.1, -0.05) is 26.3 Å². The molecule has 2 heterocycles. The van der Waals surface area contributed by atoms with E-state index >= 15 is 0 Å². The van der Waals surface area contributed by atoms with Gasteiger partial charge in [-0.3, -0.25) is 19.5 Å². The van der Waals surface area contributed by atoms with E-state index in [9.17, 15) is 19.5 Å². The van der Waals surface area contributed by atoms with Gasteiger partial charge in [0.1, 0.15) is 6.04 Å². The van der Waals surface area contributed by atoms with Gasteiger partial charge < -0.3 is 10.4 Å². The molecule has 7 heteroatoms. The number of hydrogen-bond donors (Lipinski definition) is 2. The van der Waals surface area contributed by atoms with Crippen LogP contribution < -0.4 is 5.32 Å². The Balaban J connectivity index is 2.20. The molecule has 3 amide bonds. The fourth-order valence-electron chi connectivity index (χ4n) is 2.75. The Hall–Kier alpha value is -2.44. The highest BCUT2D eigenvalue weighted by Gasteiger charge is 2.46. The average Bonchev–Trinajstić information content (AvgIpc) is 2.75. The van der Waals surface area contributed by atoms with Gasteiger partial charge >= 0.3 is 12.0 Å². The van der Waals surface area contributed by atoms with Crippen LogP contribution in [0.15, 0.2) is 18.2 Å². The number of aromatic nitrogens is 1. The maximum absolute atomic E-state index is 12.5. The van der Waals surface area contributed by atoms with E-state index in [-0.39, 0.29) is 12.5 Å². The van der Waals surface area contributed by atoms with Gasteiger partial charge in [-0.05, 0) is 25.0 Å². The molecule has 1 fully saturated rings. The molecule has 0 aliphatic carbocycles. The number of amides is 3. The predicted octanol–water partition coefficient (Wildman–Crippen LogP) is 1.56. The van der Waals surface area contributed by atoms with Crippen molar-refractivity contribution in [1.29, 1.82) is 0 Å². The summed E-state index contributed by atoms with van der Waals surface area (Å²) in [4.78, 5) is 41.4. The first kappa shape index (κ1) is 16.9. The molecular weight excluding hydrogens is 298 g/mol. The van der Waals surface area contributed by atoms with Gasteiger partial charge in [-0.2, -0.15) is 0 Å². The second-order valence-electron chi connectivity index (χ2n) is 5.87. The third kappa shape index (κ3) is 3.49. The van der Waals surface area contributed by atoms with Crippen molar-refractivity contribution >= 4 is 17.9 Å². The van der Waals surface area contributed by atoms with Crippen LogP contribution in [0.4, 0.5) is 4.79 Å². The van der Waals surface area contributed by atoms with Gasteiger partial charge in [0.2, 0.25) is 0 Å². The van der Waals surface area contributed by atoms with Crippen molar-refractivity contribution in [3.8, 4) is 0 Å². The second kappa shape index (κ2) is 6.76. The number of pyridine rings is 1. The van der Waals surface area contributed by atoms with Gasteiger partial charge in [0, 0.05) is 5.69 Å². The second-order valence-corrected chi connectivity index (χ2v) is 5.87. The topological polar surface area (TPSA) is 99.6 Å². The van der Waals surface area contributed by atoms with E-state index in [1.807, 2.05) is 19.9 Å². The van der Waals surface area contributed by atoms with Gasteiger partial charge in [0.15, 0.2) is 0 Å². The fourth-order valence-corrected chi connectivity index (χ4v) is 2.75. The third-order valence-electron chi connectivity index (χ3n) is 4.22. The summed E-state index contributed by atoms with van der Waals surface area (Å²) in [6.45, 7) is 5.48. The molecule has 7 nitrogen and oxygen atoms in total. The highest BCUT2D eigenvalue weighted by molar-refractivity contribution is 6.05. The zero-order valence-corrected chi connectivity index (χ0v) is 13.4. The molecule has 2 N–H and O–H groups in total. The molecule has 23 heavy (non-hydrogen) atoms. The number of imide groups is 1. The van der Waals surface area contributed by atoms with Crippen molar-refractivity contribution < 1.29 is 19.5 Å². The van der Waals surface area contributed by atoms with E-state index in [1.54, 1.807) is 19.1 Å². The molecule has 2 rings (SSSR count). The largest absolute Gasteiger partial charge is 0.481 e. The first-order valence-corrected chi connectivity index (χ1v) is 7.62. The quantitative estimate of drug-likeness (QED) is 0.775. The highest BCUT2D eigenvalue weighted by Crippen LogP contribution is 2.25. The van der Waals surface area contributed by atoms with Crippen LogP contribution in [0.2, 0.25) is 0 Å². The number of carbonyl (C=O) groups is 3. The van der Waals surface area contributed by atoms with Crippen LogP contribution in [0, 0.1) is 18.8 Å². The lowest BCUT2D eigenvalue weighted by Crippen LogP contribution is -2.44. The first-order valence-electron chi connectivity index (χ1n) is 7.62. The van der Waals surface area contributed by atoms with Crippen molar-refractivity contribution in [2.45, 2.75) is 39.8 Å². The molecule has 0 spiro atoms. The molecule has 1 saturated heterocycles. The summed E-state index contributed by atoms with van der Waals surface area (Å²) in [7, 11) is 0. The van der Waals surface area contributed by atoms with Crippen LogP contribution in [0.1, 0.15) is 31.7 Å². The lowest BCUT2D eigenvalue weighted by Gasteiger charge is -2.23. The fraction of sp³-hybridized carbons (Fsp3) is 0.500. The Kier molecular flexibility index (Phi) is 4.98. The number of nitrogens with one attached hydrogen (secondary N) is 1. The lowest BCUT2D eigenvalue weighted by molar-refractivity contribution is -0.147. The van der Waals surface area contributed by atoms with E-state index < -0.39 is 29.9 Å². The number of hydrogen-bond acceptors (Lipinski definition) is 4. The minimum Gasteiger partial charge on any atom is -0.481 e. The molecule has 1 unspecified atom stereocenters. The minimum absolute atomic E-state index is 0.0374. The van der Waals surface area contributed by atoms with Crippen LogP contribution in [0.5, 0.6) is 0 Å². The smallest absolute Gasteiger partial charge is 0.325 e. The summed E-state index contributed by atoms with van der Waals surface area (Å²) in [6.07, 6.45) is 0.607. The summed E-state index contributed by atoms with van der Waals surface area (Å²) in [5, 5.41) is 11.9. The third-order valence-corrected chi connectivity index (χ3v) is 4.22. The van der Waals surface area contributed by atoms with Gasteiger partial charge in [-0.15, -0.1) is 0 Å². The number of carbonyl (C=O) groups excluding carboxylic acids is 2. The monoisotopic (exact) mass is 319 g/mol. The van der Waals surface area contributed by atoms with Crippen molar-refractivity contribution in [2.75, 3.05) is 0 Å². The zero-order valence-electron chi connectivity index (χ0n) is 13.4. The normalized spacial score (nSPS) is 20.3. The van der Waals surface area contributed by atoms with E-state index in [4.69, 9.17) is 0 Å². The predicted molar refractivity (Wildman–Crippen MR) is 82.4 cm³/mol. The molecule has 3 atom stereocenters. The van der Waals surface area contributed by atoms with Crippen LogP contribution in [0.25, 0.3) is 0 Å². The van der Waals surface area contributed by atoms with E-state index in [0.717, 1.165) is 10.6 Å². The summed E-state index contributed by atoms with van der Waals surface area (Å²) < 4.78 is 0. The SMILES string of the molecule is CC[C@H](C)[C@H](C(=O)O)C1NC(=O)N(Cc2cccc(C)n2)C1=O. The van der Waals surface area contributed by atoms with Crippen LogP contribution >= 0.6 is 0 Å². The molecular formula is C16H21N3O4. The van der Waals surface area contributed by atoms with E-state index in [0.29, 0.717) is 12.1 Å². The van der Waals surface area contributed by atoms with Crippen molar-refractivity contribution in [3.05, 3.63) is 29.6 Å². The maximum Gasteiger partial charge on any atom is 0.325 e. The van der Waals surface area contributed by atoms with Crippen LogP contribution in [-0.2, 0) is 16.1 Å². The molecule has 1 aliphatic rings. The lowest BCUT2D eigenvalue weighted by atomic mass is 9.85. The van der Waals surface area contributed by atoms with E-state index in [2.05, 4.69) is 10.3 Å². The Morgan fingerprint density at radius 1 is 1.43 bits per heavy atom. The summed E-state index contributed by atoms with van der Waals surface area (Å²) in [5.41, 5.74) is 1.37. The summed E-state index contributed by atoms with van der Waals surface area (Å²) in [5.74, 6) is -2.75.